The van der Waals surface area contributed by atoms with Crippen molar-refractivity contribution in [3.63, 3.8) is 0 Å². The number of hydrogen-bond donors (Lipinski definition) is 0. The van der Waals surface area contributed by atoms with Crippen LogP contribution in [0.15, 0.2) is 49.3 Å². The van der Waals surface area contributed by atoms with E-state index in [9.17, 15) is 4.79 Å². The number of benzene rings is 1. The molecule has 0 radical (unpaired) electrons. The summed E-state index contributed by atoms with van der Waals surface area (Å²) < 4.78 is 12.3. The highest BCUT2D eigenvalue weighted by atomic mass is 79.9. The fraction of sp³-hybridized carbons (Fsp3) is 0.125. The van der Waals surface area contributed by atoms with Crippen LogP contribution in [0.4, 0.5) is 0 Å². The first-order chi connectivity index (χ1) is 10.5. The summed E-state index contributed by atoms with van der Waals surface area (Å²) in [5.74, 6) is 0.374. The van der Waals surface area contributed by atoms with E-state index in [1.165, 1.54) is 6.08 Å². The summed E-state index contributed by atoms with van der Waals surface area (Å²) in [4.78, 5) is 11.6. The van der Waals surface area contributed by atoms with E-state index in [1.807, 2.05) is 24.3 Å². The predicted molar refractivity (Wildman–Crippen MR) is 89.8 cm³/mol. The number of carbonyl (C=O) groups excluding carboxylic acids is 1. The van der Waals surface area contributed by atoms with Gasteiger partial charge in [-0.15, -0.1) is 0 Å². The van der Waals surface area contributed by atoms with Gasteiger partial charge in [0.15, 0.2) is 0 Å². The van der Waals surface area contributed by atoms with E-state index in [-0.39, 0.29) is 12.2 Å². The van der Waals surface area contributed by atoms with E-state index >= 15 is 0 Å². The molecule has 0 amide bonds. The van der Waals surface area contributed by atoms with Crippen LogP contribution in [0.3, 0.4) is 0 Å². The van der Waals surface area contributed by atoms with Gasteiger partial charge >= 0.3 is 5.97 Å². The lowest BCUT2D eigenvalue weighted by atomic mass is 10.2. The van der Waals surface area contributed by atoms with Crippen molar-refractivity contribution >= 4 is 43.9 Å². The SMILES string of the molecule is CCOC(=O)/C(C#N)=C/c1ccc(-c2cc(Br)ccc2Br)o1. The van der Waals surface area contributed by atoms with Gasteiger partial charge in [-0.25, -0.2) is 4.79 Å². The standard InChI is InChI=1S/C16H11Br2NO3/c1-2-21-16(20)10(9-19)7-12-4-6-15(22-12)13-8-11(17)3-5-14(13)18/h3-8H,2H2,1H3/b10-7+. The van der Waals surface area contributed by atoms with Crippen molar-refractivity contribution in [1.82, 2.24) is 0 Å². The number of nitriles is 1. The minimum atomic E-state index is -0.661. The Labute approximate surface area is 144 Å². The molecular weight excluding hydrogens is 414 g/mol. The predicted octanol–water partition coefficient (Wildman–Crippen LogP) is 4.94. The summed E-state index contributed by atoms with van der Waals surface area (Å²) in [6, 6.07) is 11.0. The number of hydrogen-bond acceptors (Lipinski definition) is 4. The van der Waals surface area contributed by atoms with Crippen molar-refractivity contribution in [1.29, 1.82) is 5.26 Å². The molecule has 1 aromatic heterocycles. The third-order valence-electron chi connectivity index (χ3n) is 2.72. The highest BCUT2D eigenvalue weighted by molar-refractivity contribution is 9.11. The fourth-order valence-electron chi connectivity index (χ4n) is 1.75. The molecule has 2 rings (SSSR count). The van der Waals surface area contributed by atoms with Crippen LogP contribution in [0, 0.1) is 11.3 Å². The van der Waals surface area contributed by atoms with Crippen molar-refractivity contribution in [2.24, 2.45) is 0 Å². The number of esters is 1. The monoisotopic (exact) mass is 423 g/mol. The second kappa shape index (κ2) is 7.43. The molecule has 0 fully saturated rings. The topological polar surface area (TPSA) is 63.2 Å². The number of carbonyl (C=O) groups is 1. The number of ether oxygens (including phenoxy) is 1. The third kappa shape index (κ3) is 3.87. The summed E-state index contributed by atoms with van der Waals surface area (Å²) in [5, 5.41) is 9.01. The molecule has 0 bridgehead atoms. The maximum absolute atomic E-state index is 11.6. The first-order valence-corrected chi connectivity index (χ1v) is 7.98. The van der Waals surface area contributed by atoms with Gasteiger partial charge in [0.25, 0.3) is 0 Å². The Hall–Kier alpha value is -1.84. The Kier molecular flexibility index (Phi) is 5.58. The second-order valence-electron chi connectivity index (χ2n) is 4.22. The van der Waals surface area contributed by atoms with Gasteiger partial charge in [0, 0.05) is 20.6 Å². The highest BCUT2D eigenvalue weighted by Gasteiger charge is 2.13. The van der Waals surface area contributed by atoms with Gasteiger partial charge < -0.3 is 9.15 Å². The molecule has 0 spiro atoms. The molecule has 1 heterocycles. The van der Waals surface area contributed by atoms with Crippen LogP contribution in [0.25, 0.3) is 17.4 Å². The second-order valence-corrected chi connectivity index (χ2v) is 5.99. The summed E-state index contributed by atoms with van der Waals surface area (Å²) in [6.07, 6.45) is 1.37. The molecule has 0 saturated heterocycles. The van der Waals surface area contributed by atoms with Crippen LogP contribution in [0.2, 0.25) is 0 Å². The van der Waals surface area contributed by atoms with Gasteiger partial charge in [-0.1, -0.05) is 31.9 Å². The Morgan fingerprint density at radius 1 is 1.36 bits per heavy atom. The third-order valence-corrected chi connectivity index (χ3v) is 3.91. The van der Waals surface area contributed by atoms with Crippen LogP contribution in [-0.2, 0) is 9.53 Å². The van der Waals surface area contributed by atoms with Crippen LogP contribution in [-0.4, -0.2) is 12.6 Å². The average Bonchev–Trinajstić information content (AvgIpc) is 2.96. The molecule has 2 aromatic rings. The minimum absolute atomic E-state index is 0.101. The Morgan fingerprint density at radius 2 is 2.14 bits per heavy atom. The lowest BCUT2D eigenvalue weighted by Crippen LogP contribution is -2.05. The Morgan fingerprint density at radius 3 is 2.82 bits per heavy atom. The van der Waals surface area contributed by atoms with Gasteiger partial charge in [0.1, 0.15) is 23.2 Å². The van der Waals surface area contributed by atoms with Crippen molar-refractivity contribution < 1.29 is 13.9 Å². The van der Waals surface area contributed by atoms with Crippen LogP contribution in [0.1, 0.15) is 12.7 Å². The van der Waals surface area contributed by atoms with Gasteiger partial charge in [-0.05, 0) is 37.3 Å². The number of nitrogens with zero attached hydrogens (tertiary/aromatic N) is 1. The zero-order valence-electron chi connectivity index (χ0n) is 11.6. The number of furan rings is 1. The van der Waals surface area contributed by atoms with E-state index in [1.54, 1.807) is 19.1 Å². The lowest BCUT2D eigenvalue weighted by molar-refractivity contribution is -0.137. The van der Waals surface area contributed by atoms with E-state index in [0.29, 0.717) is 11.5 Å². The van der Waals surface area contributed by atoms with Crippen LogP contribution < -0.4 is 0 Å². The highest BCUT2D eigenvalue weighted by Crippen LogP contribution is 2.32. The smallest absolute Gasteiger partial charge is 0.349 e. The number of rotatable bonds is 4. The van der Waals surface area contributed by atoms with Crippen molar-refractivity contribution in [3.8, 4) is 17.4 Å². The number of halogens is 2. The van der Waals surface area contributed by atoms with Crippen molar-refractivity contribution in [3.05, 3.63) is 50.6 Å². The molecule has 0 aliphatic heterocycles. The Balaban J connectivity index is 2.34. The Bertz CT molecular complexity index is 772. The fourth-order valence-corrected chi connectivity index (χ4v) is 2.55. The van der Waals surface area contributed by atoms with E-state index in [2.05, 4.69) is 31.9 Å². The zero-order valence-corrected chi connectivity index (χ0v) is 14.8. The molecule has 4 nitrogen and oxygen atoms in total. The quantitative estimate of drug-likeness (QED) is 0.396. The molecule has 6 heteroatoms. The van der Waals surface area contributed by atoms with E-state index < -0.39 is 5.97 Å². The van der Waals surface area contributed by atoms with Crippen LogP contribution >= 0.6 is 31.9 Å². The van der Waals surface area contributed by atoms with E-state index in [0.717, 1.165) is 14.5 Å². The maximum Gasteiger partial charge on any atom is 0.349 e. The van der Waals surface area contributed by atoms with Crippen LogP contribution in [0.5, 0.6) is 0 Å². The van der Waals surface area contributed by atoms with Gasteiger partial charge in [-0.2, -0.15) is 5.26 Å². The van der Waals surface area contributed by atoms with Gasteiger partial charge in [-0.3, -0.25) is 0 Å². The molecule has 0 aliphatic rings. The normalized spacial score (nSPS) is 11.1. The average molecular weight is 425 g/mol. The molecule has 22 heavy (non-hydrogen) atoms. The largest absolute Gasteiger partial charge is 0.462 e. The molecule has 0 N–H and O–H groups in total. The molecule has 112 valence electrons. The molecule has 0 unspecified atom stereocenters. The minimum Gasteiger partial charge on any atom is -0.462 e. The molecular formula is C16H11Br2NO3. The van der Waals surface area contributed by atoms with Gasteiger partial charge in [0.05, 0.1) is 6.61 Å². The molecule has 0 aliphatic carbocycles. The van der Waals surface area contributed by atoms with Crippen molar-refractivity contribution in [2.45, 2.75) is 6.92 Å². The molecule has 0 atom stereocenters. The van der Waals surface area contributed by atoms with Crippen molar-refractivity contribution in [2.75, 3.05) is 6.61 Å². The summed E-state index contributed by atoms with van der Waals surface area (Å²) in [5.41, 5.74) is 0.764. The zero-order chi connectivity index (χ0) is 16.1. The van der Waals surface area contributed by atoms with Gasteiger partial charge in [0.2, 0.25) is 0 Å². The molecule has 0 saturated carbocycles. The van der Waals surface area contributed by atoms with E-state index in [4.69, 9.17) is 14.4 Å². The summed E-state index contributed by atoms with van der Waals surface area (Å²) in [6.45, 7) is 1.90. The maximum atomic E-state index is 11.6. The first kappa shape index (κ1) is 16.5. The molecule has 1 aromatic carbocycles. The first-order valence-electron chi connectivity index (χ1n) is 6.39. The summed E-state index contributed by atoms with van der Waals surface area (Å²) in [7, 11) is 0. The lowest BCUT2D eigenvalue weighted by Gasteiger charge is -2.01. The summed E-state index contributed by atoms with van der Waals surface area (Å²) >= 11 is 6.87.